The Morgan fingerprint density at radius 1 is 1.04 bits per heavy atom. The van der Waals surface area contributed by atoms with E-state index in [1.807, 2.05) is 32.0 Å². The largest absolute Gasteiger partial charge is 0.324 e. The molecule has 0 saturated carbocycles. The van der Waals surface area contributed by atoms with E-state index in [-0.39, 0.29) is 16.6 Å². The highest BCUT2D eigenvalue weighted by molar-refractivity contribution is 7.92. The molecule has 0 aliphatic rings. The lowest BCUT2D eigenvalue weighted by Gasteiger charge is -2.29. The fraction of sp³-hybridized carbons (Fsp3) is 0.316. The summed E-state index contributed by atoms with van der Waals surface area (Å²) in [5, 5.41) is 3.35. The average molecular weight is 429 g/mol. The highest BCUT2D eigenvalue weighted by Gasteiger charge is 2.30. The van der Waals surface area contributed by atoms with Gasteiger partial charge in [-0.25, -0.2) is 8.42 Å². The van der Waals surface area contributed by atoms with Crippen LogP contribution in [0.1, 0.15) is 32.3 Å². The number of nitrogens with zero attached hydrogens (tertiary/aromatic N) is 1. The molecule has 2 aromatic carbocycles. The SMILES string of the molecule is CC(C)c1ccccc1NC(=O)[C@@H](C)N(c1ccc(Cl)c(Cl)c1)S(C)(=O)=O. The van der Waals surface area contributed by atoms with Gasteiger partial charge >= 0.3 is 0 Å². The number of carbonyl (C=O) groups is 1. The number of anilines is 2. The Balaban J connectivity index is 2.37. The van der Waals surface area contributed by atoms with Crippen molar-refractivity contribution in [1.29, 1.82) is 0 Å². The van der Waals surface area contributed by atoms with Crippen LogP contribution in [0.4, 0.5) is 11.4 Å². The first kappa shape index (κ1) is 21.5. The van der Waals surface area contributed by atoms with Crippen molar-refractivity contribution in [2.45, 2.75) is 32.7 Å². The second-order valence-electron chi connectivity index (χ2n) is 6.56. The third-order valence-electron chi connectivity index (χ3n) is 4.09. The van der Waals surface area contributed by atoms with E-state index in [1.165, 1.54) is 25.1 Å². The van der Waals surface area contributed by atoms with E-state index in [2.05, 4.69) is 5.32 Å². The van der Waals surface area contributed by atoms with E-state index in [9.17, 15) is 13.2 Å². The second kappa shape index (κ2) is 8.50. The summed E-state index contributed by atoms with van der Waals surface area (Å²) < 4.78 is 25.8. The molecule has 1 amide bonds. The predicted octanol–water partition coefficient (Wildman–Crippen LogP) is 4.91. The lowest BCUT2D eigenvalue weighted by Crippen LogP contribution is -2.45. The van der Waals surface area contributed by atoms with Crippen LogP contribution in [-0.4, -0.2) is 26.6 Å². The van der Waals surface area contributed by atoms with Gasteiger partial charge in [0.2, 0.25) is 15.9 Å². The molecule has 0 spiro atoms. The maximum Gasteiger partial charge on any atom is 0.248 e. The van der Waals surface area contributed by atoms with Gasteiger partial charge < -0.3 is 5.32 Å². The van der Waals surface area contributed by atoms with Crippen LogP contribution in [0.15, 0.2) is 42.5 Å². The molecule has 0 bridgehead atoms. The van der Waals surface area contributed by atoms with Gasteiger partial charge in [0, 0.05) is 5.69 Å². The Morgan fingerprint density at radius 2 is 1.67 bits per heavy atom. The van der Waals surface area contributed by atoms with Crippen LogP contribution in [0.2, 0.25) is 10.0 Å². The molecule has 0 aromatic heterocycles. The van der Waals surface area contributed by atoms with Gasteiger partial charge in [-0.15, -0.1) is 0 Å². The molecular weight excluding hydrogens is 407 g/mol. The summed E-state index contributed by atoms with van der Waals surface area (Å²) in [6, 6.07) is 10.9. The quantitative estimate of drug-likeness (QED) is 0.710. The summed E-state index contributed by atoms with van der Waals surface area (Å²) in [5.74, 6) is -0.238. The number of benzene rings is 2. The van der Waals surface area contributed by atoms with Crippen molar-refractivity contribution in [1.82, 2.24) is 0 Å². The van der Waals surface area contributed by atoms with Crippen molar-refractivity contribution < 1.29 is 13.2 Å². The maximum absolute atomic E-state index is 12.8. The van der Waals surface area contributed by atoms with Crippen molar-refractivity contribution in [3.05, 3.63) is 58.1 Å². The molecular formula is C19H22Cl2N2O3S. The van der Waals surface area contributed by atoms with E-state index >= 15 is 0 Å². The summed E-state index contributed by atoms with van der Waals surface area (Å²) in [5.41, 5.74) is 1.90. The number of nitrogens with one attached hydrogen (secondary N) is 1. The molecule has 5 nitrogen and oxygen atoms in total. The lowest BCUT2D eigenvalue weighted by atomic mass is 10.0. The number of carbonyl (C=O) groups excluding carboxylic acids is 1. The molecule has 0 unspecified atom stereocenters. The van der Waals surface area contributed by atoms with Crippen LogP contribution < -0.4 is 9.62 Å². The van der Waals surface area contributed by atoms with Gasteiger partial charge in [-0.05, 0) is 42.7 Å². The molecule has 0 heterocycles. The molecule has 0 aliphatic heterocycles. The van der Waals surface area contributed by atoms with Gasteiger partial charge in [0.1, 0.15) is 6.04 Å². The van der Waals surface area contributed by atoms with Crippen molar-refractivity contribution >= 4 is 50.5 Å². The smallest absolute Gasteiger partial charge is 0.248 e. The minimum atomic E-state index is -3.74. The molecule has 0 saturated heterocycles. The Bertz CT molecular complexity index is 946. The number of halogens is 2. The first-order valence-electron chi connectivity index (χ1n) is 8.36. The summed E-state index contributed by atoms with van der Waals surface area (Å²) in [6.45, 7) is 5.57. The monoisotopic (exact) mass is 428 g/mol. The Morgan fingerprint density at radius 3 is 2.22 bits per heavy atom. The second-order valence-corrected chi connectivity index (χ2v) is 9.24. The third kappa shape index (κ3) is 5.15. The third-order valence-corrected chi connectivity index (χ3v) is 6.07. The molecule has 146 valence electrons. The van der Waals surface area contributed by atoms with Gasteiger partial charge in [0.15, 0.2) is 0 Å². The topological polar surface area (TPSA) is 66.5 Å². The van der Waals surface area contributed by atoms with Crippen LogP contribution in [0.25, 0.3) is 0 Å². The van der Waals surface area contributed by atoms with E-state index in [1.54, 1.807) is 6.07 Å². The van der Waals surface area contributed by atoms with Crippen molar-refractivity contribution in [2.75, 3.05) is 15.9 Å². The lowest BCUT2D eigenvalue weighted by molar-refractivity contribution is -0.116. The molecule has 27 heavy (non-hydrogen) atoms. The highest BCUT2D eigenvalue weighted by atomic mass is 35.5. The predicted molar refractivity (Wildman–Crippen MR) is 112 cm³/mol. The van der Waals surface area contributed by atoms with Gasteiger partial charge in [0.25, 0.3) is 0 Å². The zero-order chi connectivity index (χ0) is 20.4. The number of hydrogen-bond donors (Lipinski definition) is 1. The van der Waals surface area contributed by atoms with Crippen LogP contribution >= 0.6 is 23.2 Å². The summed E-state index contributed by atoms with van der Waals surface area (Å²) in [4.78, 5) is 12.8. The molecule has 2 aromatic rings. The van der Waals surface area contributed by atoms with Crippen molar-refractivity contribution in [2.24, 2.45) is 0 Å². The minimum Gasteiger partial charge on any atom is -0.324 e. The van der Waals surface area contributed by atoms with E-state index < -0.39 is 22.0 Å². The van der Waals surface area contributed by atoms with Crippen LogP contribution in [0.5, 0.6) is 0 Å². The number of sulfonamides is 1. The first-order valence-corrected chi connectivity index (χ1v) is 11.0. The Labute approximate surface area is 170 Å². The maximum atomic E-state index is 12.8. The number of para-hydroxylation sites is 1. The van der Waals surface area contributed by atoms with Crippen molar-refractivity contribution in [3.63, 3.8) is 0 Å². The zero-order valence-electron chi connectivity index (χ0n) is 15.5. The zero-order valence-corrected chi connectivity index (χ0v) is 17.9. The number of hydrogen-bond acceptors (Lipinski definition) is 3. The fourth-order valence-corrected chi connectivity index (χ4v) is 4.24. The van der Waals surface area contributed by atoms with Crippen LogP contribution in [0.3, 0.4) is 0 Å². The number of amides is 1. The Hall–Kier alpha value is -1.76. The van der Waals surface area contributed by atoms with Crippen LogP contribution in [-0.2, 0) is 14.8 Å². The molecule has 0 radical (unpaired) electrons. The molecule has 1 N–H and O–H groups in total. The molecule has 0 fully saturated rings. The first-order chi connectivity index (χ1) is 12.5. The van der Waals surface area contributed by atoms with Crippen molar-refractivity contribution in [3.8, 4) is 0 Å². The van der Waals surface area contributed by atoms with E-state index in [0.717, 1.165) is 16.1 Å². The Kier molecular flexibility index (Phi) is 6.78. The summed E-state index contributed by atoms with van der Waals surface area (Å²) in [7, 11) is -3.74. The van der Waals surface area contributed by atoms with E-state index in [0.29, 0.717) is 10.7 Å². The van der Waals surface area contributed by atoms with Gasteiger partial charge in [-0.3, -0.25) is 9.10 Å². The summed E-state index contributed by atoms with van der Waals surface area (Å²) in [6.07, 6.45) is 1.04. The average Bonchev–Trinajstić information content (AvgIpc) is 2.57. The molecule has 2 rings (SSSR count). The fourth-order valence-electron chi connectivity index (χ4n) is 2.78. The van der Waals surface area contributed by atoms with Crippen LogP contribution in [0, 0.1) is 0 Å². The normalized spacial score (nSPS) is 12.7. The standard InChI is InChI=1S/C19H22Cl2N2O3S/c1-12(2)15-7-5-6-8-18(15)22-19(24)13(3)23(27(4,25)26)14-9-10-16(20)17(21)11-14/h5-13H,1-4H3,(H,22,24)/t13-/m1/s1. The molecule has 1 atom stereocenters. The molecule has 8 heteroatoms. The van der Waals surface area contributed by atoms with Gasteiger partial charge in [-0.1, -0.05) is 55.2 Å². The van der Waals surface area contributed by atoms with Gasteiger partial charge in [0.05, 0.1) is 22.0 Å². The van der Waals surface area contributed by atoms with Gasteiger partial charge in [-0.2, -0.15) is 0 Å². The number of rotatable bonds is 6. The summed E-state index contributed by atoms with van der Waals surface area (Å²) >= 11 is 11.9. The highest BCUT2D eigenvalue weighted by Crippen LogP contribution is 2.30. The minimum absolute atomic E-state index is 0.206. The molecule has 0 aliphatic carbocycles. The van der Waals surface area contributed by atoms with E-state index in [4.69, 9.17) is 23.2 Å².